The molecule has 0 unspecified atom stereocenters. The lowest BCUT2D eigenvalue weighted by Crippen LogP contribution is -2.31. The first-order valence-electron chi connectivity index (χ1n) is 8.84. The molecular formula is C20H19N5O4S. The summed E-state index contributed by atoms with van der Waals surface area (Å²) in [5.41, 5.74) is 0.703. The fourth-order valence-corrected chi connectivity index (χ4v) is 3.90. The van der Waals surface area contributed by atoms with Gasteiger partial charge in [0.1, 0.15) is 5.69 Å². The summed E-state index contributed by atoms with van der Waals surface area (Å²) >= 11 is 0. The molecule has 1 N–H and O–H groups in total. The lowest BCUT2D eigenvalue weighted by atomic mass is 10.2. The molecule has 0 aliphatic heterocycles. The van der Waals surface area contributed by atoms with Crippen LogP contribution in [0, 0.1) is 0 Å². The van der Waals surface area contributed by atoms with Crippen molar-refractivity contribution in [3.8, 4) is 11.6 Å². The van der Waals surface area contributed by atoms with Crippen molar-refractivity contribution < 1.29 is 17.6 Å². The predicted octanol–water partition coefficient (Wildman–Crippen LogP) is 2.75. The molecule has 0 radical (unpaired) electrons. The first kappa shape index (κ1) is 21.1. The summed E-state index contributed by atoms with van der Waals surface area (Å²) in [5.74, 6) is -0.360. The maximum absolute atomic E-state index is 12.7. The van der Waals surface area contributed by atoms with Gasteiger partial charge in [0, 0.05) is 24.8 Å². The molecule has 3 rings (SSSR count). The minimum Gasteiger partial charge on any atom is -0.401 e. The van der Waals surface area contributed by atoms with Gasteiger partial charge < -0.3 is 4.42 Å². The fraction of sp³-hybridized carbons (Fsp3) is 0.100. The summed E-state index contributed by atoms with van der Waals surface area (Å²) in [6.07, 6.45) is 4.57. The predicted molar refractivity (Wildman–Crippen MR) is 111 cm³/mol. The van der Waals surface area contributed by atoms with Crippen LogP contribution in [0.4, 0.5) is 6.01 Å². The van der Waals surface area contributed by atoms with E-state index in [4.69, 9.17) is 4.42 Å². The number of nitrogens with zero attached hydrogens (tertiary/aromatic N) is 4. The molecule has 0 atom stereocenters. The molecule has 0 aliphatic carbocycles. The molecule has 30 heavy (non-hydrogen) atoms. The van der Waals surface area contributed by atoms with Crippen LogP contribution in [0.5, 0.6) is 0 Å². The molecule has 0 saturated carbocycles. The van der Waals surface area contributed by atoms with Gasteiger partial charge >= 0.3 is 6.01 Å². The molecule has 0 aliphatic rings. The van der Waals surface area contributed by atoms with E-state index in [1.807, 2.05) is 0 Å². The molecule has 2 aromatic heterocycles. The second-order valence-corrected chi connectivity index (χ2v) is 7.94. The van der Waals surface area contributed by atoms with Crippen molar-refractivity contribution in [1.29, 1.82) is 0 Å². The van der Waals surface area contributed by atoms with Crippen LogP contribution in [0.15, 0.2) is 83.3 Å². The number of hydrogen-bond acceptors (Lipinski definition) is 7. The summed E-state index contributed by atoms with van der Waals surface area (Å²) in [4.78, 5) is 16.6. The van der Waals surface area contributed by atoms with E-state index >= 15 is 0 Å². The Bertz CT molecular complexity index is 1130. The zero-order valence-corrected chi connectivity index (χ0v) is 16.7. The van der Waals surface area contributed by atoms with E-state index in [0.717, 1.165) is 0 Å². The number of rotatable bonds is 9. The van der Waals surface area contributed by atoms with E-state index in [1.165, 1.54) is 40.7 Å². The highest BCUT2D eigenvalue weighted by atomic mass is 32.2. The Morgan fingerprint density at radius 1 is 1.07 bits per heavy atom. The van der Waals surface area contributed by atoms with Crippen molar-refractivity contribution in [2.75, 3.05) is 18.4 Å². The van der Waals surface area contributed by atoms with Crippen molar-refractivity contribution in [1.82, 2.24) is 19.5 Å². The van der Waals surface area contributed by atoms with Crippen LogP contribution in [0.1, 0.15) is 10.4 Å². The normalized spacial score (nSPS) is 11.2. The van der Waals surface area contributed by atoms with Gasteiger partial charge in [-0.1, -0.05) is 23.3 Å². The summed E-state index contributed by atoms with van der Waals surface area (Å²) in [7, 11) is -3.74. The average Bonchev–Trinajstić information content (AvgIpc) is 3.23. The van der Waals surface area contributed by atoms with Gasteiger partial charge in [-0.3, -0.25) is 15.1 Å². The van der Waals surface area contributed by atoms with Gasteiger partial charge in [-0.05, 0) is 36.4 Å². The highest BCUT2D eigenvalue weighted by Crippen LogP contribution is 2.19. The Labute approximate surface area is 173 Å². The van der Waals surface area contributed by atoms with Gasteiger partial charge in [0.15, 0.2) is 0 Å². The third-order valence-corrected chi connectivity index (χ3v) is 5.80. The van der Waals surface area contributed by atoms with E-state index in [2.05, 4.69) is 33.7 Å². The Hall–Kier alpha value is -3.63. The molecule has 1 amide bonds. The third kappa shape index (κ3) is 4.67. The zero-order valence-electron chi connectivity index (χ0n) is 15.9. The highest BCUT2D eigenvalue weighted by molar-refractivity contribution is 7.89. The number of aromatic nitrogens is 3. The minimum absolute atomic E-state index is 0.0537. The van der Waals surface area contributed by atoms with Gasteiger partial charge in [-0.15, -0.1) is 18.3 Å². The number of amides is 1. The molecule has 10 heteroatoms. The summed E-state index contributed by atoms with van der Waals surface area (Å²) < 4.78 is 32.0. The van der Waals surface area contributed by atoms with E-state index in [9.17, 15) is 13.2 Å². The Kier molecular flexibility index (Phi) is 6.50. The van der Waals surface area contributed by atoms with Crippen LogP contribution >= 0.6 is 0 Å². The van der Waals surface area contributed by atoms with E-state index in [0.29, 0.717) is 5.69 Å². The largest absolute Gasteiger partial charge is 0.401 e. The van der Waals surface area contributed by atoms with Gasteiger partial charge in [0.05, 0.1) is 4.90 Å². The van der Waals surface area contributed by atoms with Gasteiger partial charge in [0.2, 0.25) is 10.0 Å². The highest BCUT2D eigenvalue weighted by Gasteiger charge is 2.23. The second-order valence-electron chi connectivity index (χ2n) is 6.01. The Morgan fingerprint density at radius 2 is 1.77 bits per heavy atom. The minimum atomic E-state index is -3.74. The number of benzene rings is 1. The number of carbonyl (C=O) groups is 1. The standard InChI is InChI=1S/C20H19N5O4S/c1-3-13-25(14-4-2)30(27,28)16-10-8-15(9-11-16)18(26)22-20-24-23-19(29-20)17-7-5-6-12-21-17/h3-12H,1-2,13-14H2,(H,22,24,26). The smallest absolute Gasteiger partial charge is 0.322 e. The van der Waals surface area contributed by atoms with Crippen molar-refractivity contribution in [3.05, 3.63) is 79.5 Å². The molecule has 0 saturated heterocycles. The average molecular weight is 425 g/mol. The van der Waals surface area contributed by atoms with Crippen LogP contribution in [0.3, 0.4) is 0 Å². The van der Waals surface area contributed by atoms with E-state index in [-0.39, 0.29) is 35.5 Å². The lowest BCUT2D eigenvalue weighted by molar-refractivity contribution is 0.102. The van der Waals surface area contributed by atoms with Gasteiger partial charge in [-0.25, -0.2) is 8.42 Å². The third-order valence-electron chi connectivity index (χ3n) is 3.95. The quantitative estimate of drug-likeness (QED) is 0.524. The number of pyridine rings is 1. The molecule has 154 valence electrons. The number of anilines is 1. The lowest BCUT2D eigenvalue weighted by Gasteiger charge is -2.19. The summed E-state index contributed by atoms with van der Waals surface area (Å²) in [6.45, 7) is 7.43. The molecule has 9 nitrogen and oxygen atoms in total. The van der Waals surface area contributed by atoms with Crippen molar-refractivity contribution in [2.24, 2.45) is 0 Å². The van der Waals surface area contributed by atoms with Crippen LogP contribution in [-0.2, 0) is 10.0 Å². The molecule has 3 aromatic rings. The number of hydrogen-bond donors (Lipinski definition) is 1. The van der Waals surface area contributed by atoms with Crippen LogP contribution in [0.25, 0.3) is 11.6 Å². The number of nitrogens with one attached hydrogen (secondary N) is 1. The van der Waals surface area contributed by atoms with Crippen LogP contribution in [-0.4, -0.2) is 46.9 Å². The van der Waals surface area contributed by atoms with Gasteiger partial charge in [0.25, 0.3) is 11.8 Å². The van der Waals surface area contributed by atoms with Crippen molar-refractivity contribution in [2.45, 2.75) is 4.90 Å². The topological polar surface area (TPSA) is 118 Å². The number of sulfonamides is 1. The molecule has 0 spiro atoms. The fourth-order valence-electron chi connectivity index (χ4n) is 2.52. The summed E-state index contributed by atoms with van der Waals surface area (Å²) in [5, 5.41) is 10.1. The van der Waals surface area contributed by atoms with Crippen molar-refractivity contribution >= 4 is 21.9 Å². The maximum Gasteiger partial charge on any atom is 0.322 e. The molecule has 0 fully saturated rings. The van der Waals surface area contributed by atoms with E-state index in [1.54, 1.807) is 24.4 Å². The molecule has 1 aromatic carbocycles. The van der Waals surface area contributed by atoms with Crippen LogP contribution in [0.2, 0.25) is 0 Å². The van der Waals surface area contributed by atoms with Crippen molar-refractivity contribution in [3.63, 3.8) is 0 Å². The van der Waals surface area contributed by atoms with Gasteiger partial charge in [-0.2, -0.15) is 4.31 Å². The molecule has 0 bridgehead atoms. The SMILES string of the molecule is C=CCN(CC=C)S(=O)(=O)c1ccc(C(=O)Nc2nnc(-c3ccccn3)o2)cc1. The summed E-state index contributed by atoms with van der Waals surface area (Å²) in [6, 6.07) is 10.6. The molecular weight excluding hydrogens is 406 g/mol. The Morgan fingerprint density at radius 3 is 2.37 bits per heavy atom. The molecule has 2 heterocycles. The zero-order chi connectivity index (χ0) is 21.6. The monoisotopic (exact) mass is 425 g/mol. The Balaban J connectivity index is 1.73. The van der Waals surface area contributed by atoms with Crippen LogP contribution < -0.4 is 5.32 Å². The first-order chi connectivity index (χ1) is 14.5. The second kappa shape index (κ2) is 9.25. The maximum atomic E-state index is 12.7. The van der Waals surface area contributed by atoms with E-state index < -0.39 is 15.9 Å². The number of carbonyl (C=O) groups excluding carboxylic acids is 1. The first-order valence-corrected chi connectivity index (χ1v) is 10.3.